The number of aromatic nitrogens is 2. The fraction of sp³-hybridized carbons (Fsp3) is 0.190. The van der Waals surface area contributed by atoms with Gasteiger partial charge in [-0.15, -0.1) is 0 Å². The van der Waals surface area contributed by atoms with E-state index in [-0.39, 0.29) is 17.6 Å². The molecule has 9 heteroatoms. The van der Waals surface area contributed by atoms with Gasteiger partial charge in [-0.1, -0.05) is 18.2 Å². The molecule has 0 saturated carbocycles. The Bertz CT molecular complexity index is 1040. The summed E-state index contributed by atoms with van der Waals surface area (Å²) in [6.07, 6.45) is -4.46. The molecule has 2 aromatic carbocycles. The molecule has 1 atom stereocenters. The Kier molecular flexibility index (Phi) is 6.06. The van der Waals surface area contributed by atoms with Crippen molar-refractivity contribution in [2.24, 2.45) is 0 Å². The van der Waals surface area contributed by atoms with Gasteiger partial charge in [0.2, 0.25) is 5.88 Å². The van der Waals surface area contributed by atoms with E-state index < -0.39 is 17.7 Å². The summed E-state index contributed by atoms with van der Waals surface area (Å²) < 4.78 is 54.2. The van der Waals surface area contributed by atoms with Gasteiger partial charge in [0.25, 0.3) is 0 Å². The summed E-state index contributed by atoms with van der Waals surface area (Å²) >= 11 is 0. The van der Waals surface area contributed by atoms with Gasteiger partial charge >= 0.3 is 12.2 Å². The van der Waals surface area contributed by atoms with Crippen LogP contribution in [0.25, 0.3) is 0 Å². The second-order valence-electron chi connectivity index (χ2n) is 6.08. The van der Waals surface area contributed by atoms with Gasteiger partial charge in [0.1, 0.15) is 17.4 Å². The third kappa shape index (κ3) is 4.78. The molecule has 30 heavy (non-hydrogen) atoms. The van der Waals surface area contributed by atoms with Crippen molar-refractivity contribution in [1.82, 2.24) is 9.97 Å². The molecule has 1 aromatic heterocycles. The molecule has 0 spiro atoms. The summed E-state index contributed by atoms with van der Waals surface area (Å²) in [6, 6.07) is 14.8. The van der Waals surface area contributed by atoms with E-state index in [1.54, 1.807) is 24.3 Å². The zero-order valence-corrected chi connectivity index (χ0v) is 16.0. The van der Waals surface area contributed by atoms with Gasteiger partial charge in [-0.3, -0.25) is 0 Å². The van der Waals surface area contributed by atoms with Gasteiger partial charge in [0.05, 0.1) is 31.5 Å². The Balaban J connectivity index is 1.84. The quantitative estimate of drug-likeness (QED) is 0.566. The SMILES string of the molecule is COc1cc(C(C#N)c2ccc(Oc3cccc(C(F)(F)F)c3)cc2)nc(OC)n1. The van der Waals surface area contributed by atoms with E-state index in [1.807, 2.05) is 0 Å². The third-order valence-electron chi connectivity index (χ3n) is 4.13. The molecule has 0 aliphatic carbocycles. The zero-order chi connectivity index (χ0) is 21.7. The van der Waals surface area contributed by atoms with Gasteiger partial charge in [-0.05, 0) is 35.9 Å². The fourth-order valence-electron chi connectivity index (χ4n) is 2.68. The van der Waals surface area contributed by atoms with Crippen LogP contribution in [0.5, 0.6) is 23.4 Å². The molecule has 0 N–H and O–H groups in total. The number of hydrogen-bond donors (Lipinski definition) is 0. The first kappa shape index (κ1) is 20.9. The summed E-state index contributed by atoms with van der Waals surface area (Å²) in [4.78, 5) is 8.20. The monoisotopic (exact) mass is 415 g/mol. The molecule has 6 nitrogen and oxygen atoms in total. The lowest BCUT2D eigenvalue weighted by Gasteiger charge is -2.13. The molecule has 154 valence electrons. The summed E-state index contributed by atoms with van der Waals surface area (Å²) in [5.41, 5.74) is 0.192. The van der Waals surface area contributed by atoms with E-state index in [2.05, 4.69) is 16.0 Å². The van der Waals surface area contributed by atoms with Crippen molar-refractivity contribution >= 4 is 0 Å². The zero-order valence-electron chi connectivity index (χ0n) is 16.0. The van der Waals surface area contributed by atoms with Crippen LogP contribution >= 0.6 is 0 Å². The van der Waals surface area contributed by atoms with Crippen LogP contribution in [-0.2, 0) is 6.18 Å². The minimum absolute atomic E-state index is 0.0553. The van der Waals surface area contributed by atoms with Crippen LogP contribution < -0.4 is 14.2 Å². The predicted octanol–water partition coefficient (Wildman–Crippen LogP) is 4.96. The number of alkyl halides is 3. The molecule has 0 bridgehead atoms. The molecule has 0 amide bonds. The minimum Gasteiger partial charge on any atom is -0.481 e. The van der Waals surface area contributed by atoms with Gasteiger partial charge in [0, 0.05) is 6.07 Å². The van der Waals surface area contributed by atoms with Crippen LogP contribution in [0.15, 0.2) is 54.6 Å². The van der Waals surface area contributed by atoms with E-state index in [4.69, 9.17) is 14.2 Å². The molecule has 0 fully saturated rings. The van der Waals surface area contributed by atoms with Gasteiger partial charge in [-0.2, -0.15) is 28.4 Å². The Morgan fingerprint density at radius 1 is 0.933 bits per heavy atom. The highest BCUT2D eigenvalue weighted by atomic mass is 19.4. The average molecular weight is 415 g/mol. The maximum absolute atomic E-state index is 12.8. The maximum Gasteiger partial charge on any atom is 0.416 e. The Hall–Kier alpha value is -3.80. The lowest BCUT2D eigenvalue weighted by atomic mass is 9.97. The van der Waals surface area contributed by atoms with Crippen molar-refractivity contribution in [1.29, 1.82) is 5.26 Å². The summed E-state index contributed by atoms with van der Waals surface area (Å²) in [5, 5.41) is 9.64. The third-order valence-corrected chi connectivity index (χ3v) is 4.13. The van der Waals surface area contributed by atoms with Crippen LogP contribution in [0.1, 0.15) is 22.7 Å². The molecule has 0 radical (unpaired) electrons. The highest BCUT2D eigenvalue weighted by Crippen LogP contribution is 2.33. The second-order valence-corrected chi connectivity index (χ2v) is 6.08. The van der Waals surface area contributed by atoms with Gasteiger partial charge in [-0.25, -0.2) is 0 Å². The summed E-state index contributed by atoms with van der Waals surface area (Å²) in [5.74, 6) is -0.104. The summed E-state index contributed by atoms with van der Waals surface area (Å²) in [6.45, 7) is 0. The number of rotatable bonds is 6. The molecule has 1 unspecified atom stereocenters. The number of nitrogens with zero attached hydrogens (tertiary/aromatic N) is 3. The molecule has 0 aliphatic rings. The number of halogens is 3. The molecular weight excluding hydrogens is 399 g/mol. The standard InChI is InChI=1S/C21H16F3N3O3/c1-28-19-11-18(26-20(27-19)29-2)17(12-25)13-6-8-15(9-7-13)30-16-5-3-4-14(10-16)21(22,23)24/h3-11,17H,1-2H3. The summed E-state index contributed by atoms with van der Waals surface area (Å²) in [7, 11) is 2.84. The van der Waals surface area contributed by atoms with E-state index in [1.165, 1.54) is 32.4 Å². The number of methoxy groups -OCH3 is 2. The van der Waals surface area contributed by atoms with Crippen molar-refractivity contribution in [3.05, 3.63) is 71.4 Å². The topological polar surface area (TPSA) is 77.3 Å². The first-order chi connectivity index (χ1) is 14.3. The van der Waals surface area contributed by atoms with Crippen molar-refractivity contribution in [2.45, 2.75) is 12.1 Å². The first-order valence-corrected chi connectivity index (χ1v) is 8.65. The van der Waals surface area contributed by atoms with Crippen LogP contribution in [0.3, 0.4) is 0 Å². The van der Waals surface area contributed by atoms with Crippen molar-refractivity contribution in [3.8, 4) is 29.5 Å². The second kappa shape index (κ2) is 8.69. The Morgan fingerprint density at radius 2 is 1.67 bits per heavy atom. The van der Waals surface area contributed by atoms with Crippen molar-refractivity contribution in [3.63, 3.8) is 0 Å². The smallest absolute Gasteiger partial charge is 0.416 e. The van der Waals surface area contributed by atoms with E-state index in [0.29, 0.717) is 17.0 Å². The lowest BCUT2D eigenvalue weighted by Crippen LogP contribution is -2.05. The fourth-order valence-corrected chi connectivity index (χ4v) is 2.68. The molecular formula is C21H16F3N3O3. The largest absolute Gasteiger partial charge is 0.481 e. The number of hydrogen-bond acceptors (Lipinski definition) is 6. The molecule has 0 saturated heterocycles. The van der Waals surface area contributed by atoms with Crippen molar-refractivity contribution in [2.75, 3.05) is 14.2 Å². The number of benzene rings is 2. The molecule has 3 aromatic rings. The Labute approximate surface area is 170 Å². The normalized spacial score (nSPS) is 12.0. The van der Waals surface area contributed by atoms with Gasteiger partial charge < -0.3 is 14.2 Å². The van der Waals surface area contributed by atoms with Crippen LogP contribution in [0, 0.1) is 11.3 Å². The van der Waals surface area contributed by atoms with Crippen LogP contribution in [0.4, 0.5) is 13.2 Å². The van der Waals surface area contributed by atoms with E-state index >= 15 is 0 Å². The Morgan fingerprint density at radius 3 is 2.27 bits per heavy atom. The molecule has 0 aliphatic heterocycles. The molecule has 1 heterocycles. The highest BCUT2D eigenvalue weighted by molar-refractivity contribution is 5.41. The minimum atomic E-state index is -4.46. The maximum atomic E-state index is 12.8. The molecule has 3 rings (SSSR count). The van der Waals surface area contributed by atoms with Crippen LogP contribution in [0.2, 0.25) is 0 Å². The van der Waals surface area contributed by atoms with E-state index in [0.717, 1.165) is 12.1 Å². The van der Waals surface area contributed by atoms with Crippen molar-refractivity contribution < 1.29 is 27.4 Å². The van der Waals surface area contributed by atoms with Gasteiger partial charge in [0.15, 0.2) is 0 Å². The predicted molar refractivity (Wildman–Crippen MR) is 101 cm³/mol. The van der Waals surface area contributed by atoms with E-state index in [9.17, 15) is 18.4 Å². The number of nitriles is 1. The first-order valence-electron chi connectivity index (χ1n) is 8.65. The van der Waals surface area contributed by atoms with Crippen LogP contribution in [-0.4, -0.2) is 24.2 Å². The highest BCUT2D eigenvalue weighted by Gasteiger charge is 2.30. The lowest BCUT2D eigenvalue weighted by molar-refractivity contribution is -0.137. The average Bonchev–Trinajstić information content (AvgIpc) is 2.75. The number of ether oxygens (including phenoxy) is 3.